The molecule has 198 valence electrons. The van der Waals surface area contributed by atoms with Crippen molar-refractivity contribution >= 4 is 17.9 Å². The minimum absolute atomic E-state index is 0.0438. The third kappa shape index (κ3) is 15.7. The molecule has 0 aromatic carbocycles. The average Bonchev–Trinajstić information content (AvgIpc) is 2.69. The van der Waals surface area contributed by atoms with Gasteiger partial charge in [0.15, 0.2) is 11.9 Å². The van der Waals surface area contributed by atoms with E-state index in [2.05, 4.69) is 24.1 Å². The van der Waals surface area contributed by atoms with Crippen molar-refractivity contribution in [3.05, 3.63) is 12.2 Å². The smallest absolute Gasteiger partial charge is 0.333 e. The van der Waals surface area contributed by atoms with Gasteiger partial charge in [-0.3, -0.25) is 16.1 Å². The van der Waals surface area contributed by atoms with Crippen LogP contribution in [0.2, 0.25) is 0 Å². The summed E-state index contributed by atoms with van der Waals surface area (Å²) in [5, 5.41) is 32.3. The Labute approximate surface area is 206 Å². The highest BCUT2D eigenvalue weighted by molar-refractivity contribution is 5.95. The fraction of sp³-hybridized carbons (Fsp3) is 0.800. The number of aliphatic hydroxyl groups excluding tert-OH is 1. The van der Waals surface area contributed by atoms with Crippen LogP contribution in [0.3, 0.4) is 0 Å². The number of carbonyl (C=O) groups is 1. The topological polar surface area (TPSA) is 131 Å². The first-order valence-electron chi connectivity index (χ1n) is 12.3. The Morgan fingerprint density at radius 3 is 2.32 bits per heavy atom. The van der Waals surface area contributed by atoms with Gasteiger partial charge in [0.1, 0.15) is 5.60 Å². The highest BCUT2D eigenvalue weighted by Gasteiger charge is 2.27. The number of nitrogens with one attached hydrogen (secondary N) is 4. The zero-order chi connectivity index (χ0) is 26.4. The number of aliphatic hydroxyl groups is 1. The number of hydrogen-bond donors (Lipinski definition) is 5. The highest BCUT2D eigenvalue weighted by atomic mass is 16.6. The van der Waals surface area contributed by atoms with E-state index in [-0.39, 0.29) is 18.5 Å². The number of unbranched alkanes of at least 4 members (excludes halogenated alkanes) is 4. The molecule has 0 bridgehead atoms. The van der Waals surface area contributed by atoms with Crippen molar-refractivity contribution in [2.24, 2.45) is 0 Å². The van der Waals surface area contributed by atoms with Crippen molar-refractivity contribution in [2.75, 3.05) is 26.7 Å². The maximum absolute atomic E-state index is 11.7. The molecule has 0 amide bonds. The highest BCUT2D eigenvalue weighted by Crippen LogP contribution is 2.22. The molecule has 5 N–H and O–H groups in total. The van der Waals surface area contributed by atoms with Crippen LogP contribution in [0.25, 0.3) is 0 Å². The van der Waals surface area contributed by atoms with Gasteiger partial charge >= 0.3 is 5.97 Å². The normalized spacial score (nSPS) is 12.6. The third-order valence-electron chi connectivity index (χ3n) is 5.33. The van der Waals surface area contributed by atoms with E-state index in [1.807, 2.05) is 27.7 Å². The quantitative estimate of drug-likeness (QED) is 0.0742. The van der Waals surface area contributed by atoms with E-state index in [0.717, 1.165) is 12.8 Å². The standard InChI is InChI=1S/C25H49N5O4/c1-9-10-11-12-13-15-28-22(26)29-23(27)30(8)18-20(31)17-25(6,7)33-16-14-24(4,5)34-21(32)19(2)3/h20,31H,2,9-18H2,1,3-8H3,(H4,26,27,28,29). The molecule has 0 radical (unpaired) electrons. The molecule has 0 saturated heterocycles. The summed E-state index contributed by atoms with van der Waals surface area (Å²) < 4.78 is 11.4. The van der Waals surface area contributed by atoms with Crippen LogP contribution in [-0.2, 0) is 14.3 Å². The molecule has 0 aliphatic rings. The van der Waals surface area contributed by atoms with Gasteiger partial charge in [-0.25, -0.2) is 4.79 Å². The first-order chi connectivity index (χ1) is 15.7. The predicted molar refractivity (Wildman–Crippen MR) is 138 cm³/mol. The second kappa shape index (κ2) is 15.7. The van der Waals surface area contributed by atoms with E-state index in [4.69, 9.17) is 20.3 Å². The van der Waals surface area contributed by atoms with Crippen LogP contribution in [0.1, 0.15) is 86.5 Å². The van der Waals surface area contributed by atoms with Gasteiger partial charge in [0, 0.05) is 38.6 Å². The number of esters is 1. The predicted octanol–water partition coefficient (Wildman–Crippen LogP) is 3.77. The van der Waals surface area contributed by atoms with Crippen molar-refractivity contribution in [3.63, 3.8) is 0 Å². The molecular weight excluding hydrogens is 434 g/mol. The molecule has 0 saturated carbocycles. The van der Waals surface area contributed by atoms with Crippen LogP contribution in [-0.4, -0.2) is 71.9 Å². The number of guanidine groups is 2. The molecule has 0 rings (SSSR count). The summed E-state index contributed by atoms with van der Waals surface area (Å²) in [6.07, 6.45) is 5.92. The second-order valence-corrected chi connectivity index (χ2v) is 10.2. The van der Waals surface area contributed by atoms with Gasteiger partial charge in [0.05, 0.1) is 18.3 Å². The summed E-state index contributed by atoms with van der Waals surface area (Å²) in [6, 6.07) is 0. The van der Waals surface area contributed by atoms with Crippen LogP contribution in [0.4, 0.5) is 0 Å². The number of ether oxygens (including phenoxy) is 2. The van der Waals surface area contributed by atoms with E-state index in [1.165, 1.54) is 19.3 Å². The minimum atomic E-state index is -0.725. The first-order valence-corrected chi connectivity index (χ1v) is 12.3. The molecular formula is C25H49N5O4. The lowest BCUT2D eigenvalue weighted by atomic mass is 9.99. The third-order valence-corrected chi connectivity index (χ3v) is 5.33. The van der Waals surface area contributed by atoms with Gasteiger partial charge in [-0.15, -0.1) is 0 Å². The summed E-state index contributed by atoms with van der Waals surface area (Å²) in [5.41, 5.74) is -0.925. The summed E-state index contributed by atoms with van der Waals surface area (Å²) in [6.45, 7) is 16.1. The number of nitrogens with zero attached hydrogens (tertiary/aromatic N) is 1. The molecule has 9 heteroatoms. The zero-order valence-electron chi connectivity index (χ0n) is 22.5. The van der Waals surface area contributed by atoms with Gasteiger partial charge in [-0.2, -0.15) is 0 Å². The summed E-state index contributed by atoms with van der Waals surface area (Å²) in [5.74, 6) is -0.295. The lowest BCUT2D eigenvalue weighted by molar-refractivity contribution is -0.154. The van der Waals surface area contributed by atoms with Crippen molar-refractivity contribution < 1.29 is 19.4 Å². The van der Waals surface area contributed by atoms with E-state index >= 15 is 0 Å². The molecule has 9 nitrogen and oxygen atoms in total. The molecule has 0 aromatic heterocycles. The summed E-state index contributed by atoms with van der Waals surface area (Å²) in [7, 11) is 1.70. The Hall–Kier alpha value is -2.13. The van der Waals surface area contributed by atoms with Gasteiger partial charge in [-0.05, 0) is 41.0 Å². The largest absolute Gasteiger partial charge is 0.456 e. The Bertz CT molecular complexity index is 664. The number of rotatable bonds is 16. The van der Waals surface area contributed by atoms with Crippen molar-refractivity contribution in [2.45, 2.75) is 104 Å². The van der Waals surface area contributed by atoms with E-state index < -0.39 is 23.3 Å². The van der Waals surface area contributed by atoms with Crippen molar-refractivity contribution in [3.8, 4) is 0 Å². The second-order valence-electron chi connectivity index (χ2n) is 10.2. The number of likely N-dealkylation sites (N-methyl/N-ethyl adjacent to an activating group) is 1. The molecule has 0 spiro atoms. The minimum Gasteiger partial charge on any atom is -0.456 e. The Balaban J connectivity index is 4.32. The molecule has 0 aliphatic heterocycles. The Morgan fingerprint density at radius 2 is 1.74 bits per heavy atom. The van der Waals surface area contributed by atoms with Crippen LogP contribution >= 0.6 is 0 Å². The van der Waals surface area contributed by atoms with E-state index in [9.17, 15) is 9.90 Å². The van der Waals surface area contributed by atoms with Gasteiger partial charge < -0.3 is 24.8 Å². The van der Waals surface area contributed by atoms with E-state index in [1.54, 1.807) is 18.9 Å². The van der Waals surface area contributed by atoms with Crippen molar-refractivity contribution in [1.82, 2.24) is 15.5 Å². The van der Waals surface area contributed by atoms with Crippen LogP contribution in [0.15, 0.2) is 12.2 Å². The molecule has 1 atom stereocenters. The van der Waals surface area contributed by atoms with Crippen LogP contribution in [0, 0.1) is 10.8 Å². The maximum Gasteiger partial charge on any atom is 0.333 e. The summed E-state index contributed by atoms with van der Waals surface area (Å²) in [4.78, 5) is 13.3. The van der Waals surface area contributed by atoms with Gasteiger partial charge in [0.2, 0.25) is 0 Å². The molecule has 34 heavy (non-hydrogen) atoms. The number of carbonyl (C=O) groups excluding carboxylic acids is 1. The fourth-order valence-corrected chi connectivity index (χ4v) is 3.26. The zero-order valence-corrected chi connectivity index (χ0v) is 22.5. The van der Waals surface area contributed by atoms with Gasteiger partial charge in [-0.1, -0.05) is 39.2 Å². The fourth-order valence-electron chi connectivity index (χ4n) is 3.26. The monoisotopic (exact) mass is 483 g/mol. The molecule has 0 aliphatic carbocycles. The Kier molecular flexibility index (Phi) is 14.7. The molecule has 0 heterocycles. The molecule has 0 aromatic rings. The average molecular weight is 484 g/mol. The van der Waals surface area contributed by atoms with Crippen molar-refractivity contribution in [1.29, 1.82) is 10.8 Å². The first kappa shape index (κ1) is 31.9. The summed E-state index contributed by atoms with van der Waals surface area (Å²) >= 11 is 0. The molecule has 1 unspecified atom stereocenters. The Morgan fingerprint density at radius 1 is 1.12 bits per heavy atom. The van der Waals surface area contributed by atoms with Gasteiger partial charge in [0.25, 0.3) is 0 Å². The van der Waals surface area contributed by atoms with Crippen LogP contribution < -0.4 is 10.6 Å². The SMILES string of the molecule is C=C(C)C(=O)OC(C)(C)CCOC(C)(C)CC(O)CN(C)C(=N)NC(=N)NCCCCCCC. The lowest BCUT2D eigenvalue weighted by Crippen LogP contribution is -2.49. The van der Waals surface area contributed by atoms with Crippen LogP contribution in [0.5, 0.6) is 0 Å². The maximum atomic E-state index is 11.7. The lowest BCUT2D eigenvalue weighted by Gasteiger charge is -2.32. The molecule has 0 fully saturated rings. The van der Waals surface area contributed by atoms with E-state index in [0.29, 0.717) is 31.6 Å². The number of hydrogen-bond acceptors (Lipinski definition) is 6.